The van der Waals surface area contributed by atoms with Gasteiger partial charge >= 0.3 is 0 Å². The summed E-state index contributed by atoms with van der Waals surface area (Å²) in [6.45, 7) is 6.38. The van der Waals surface area contributed by atoms with Crippen molar-refractivity contribution < 1.29 is 5.11 Å². The summed E-state index contributed by atoms with van der Waals surface area (Å²) in [5, 5.41) is 10.1. The van der Waals surface area contributed by atoms with Crippen LogP contribution in [0.15, 0.2) is 24.3 Å². The first-order chi connectivity index (χ1) is 6.54. The van der Waals surface area contributed by atoms with Crippen molar-refractivity contribution >= 4 is 22.6 Å². The molecule has 1 N–H and O–H groups in total. The van der Waals surface area contributed by atoms with Crippen LogP contribution in [-0.2, 0) is 0 Å². The highest BCUT2D eigenvalue weighted by molar-refractivity contribution is 14.1. The van der Waals surface area contributed by atoms with E-state index in [1.165, 1.54) is 0 Å². The minimum Gasteiger partial charge on any atom is -0.388 e. The molecule has 1 aromatic carbocycles. The minimum atomic E-state index is -0.344. The number of hydrogen-bond acceptors (Lipinski definition) is 1. The Kier molecular flexibility index (Phi) is 4.38. The van der Waals surface area contributed by atoms with Gasteiger partial charge in [-0.1, -0.05) is 39.0 Å². The summed E-state index contributed by atoms with van der Waals surface area (Å²) in [6.07, 6.45) is -0.344. The lowest BCUT2D eigenvalue weighted by molar-refractivity contribution is 0.0914. The Morgan fingerprint density at radius 2 is 1.71 bits per heavy atom. The van der Waals surface area contributed by atoms with E-state index in [0.717, 1.165) is 9.13 Å². The quantitative estimate of drug-likeness (QED) is 0.846. The van der Waals surface area contributed by atoms with Gasteiger partial charge in [-0.25, -0.2) is 0 Å². The van der Waals surface area contributed by atoms with E-state index in [-0.39, 0.29) is 6.10 Å². The minimum absolute atomic E-state index is 0.297. The average Bonchev–Trinajstić information content (AvgIpc) is 2.16. The van der Waals surface area contributed by atoms with Gasteiger partial charge in [0.15, 0.2) is 0 Å². The Morgan fingerprint density at radius 1 is 1.14 bits per heavy atom. The molecule has 0 spiro atoms. The number of aliphatic hydroxyl groups is 1. The van der Waals surface area contributed by atoms with E-state index in [1.807, 2.05) is 24.3 Å². The third kappa shape index (κ3) is 2.70. The predicted molar refractivity (Wildman–Crippen MR) is 68.1 cm³/mol. The van der Waals surface area contributed by atoms with Crippen LogP contribution in [-0.4, -0.2) is 5.11 Å². The van der Waals surface area contributed by atoms with Gasteiger partial charge in [-0.05, 0) is 46.1 Å². The van der Waals surface area contributed by atoms with Gasteiger partial charge in [-0.15, -0.1) is 0 Å². The van der Waals surface area contributed by atoms with Gasteiger partial charge in [0.25, 0.3) is 0 Å². The van der Waals surface area contributed by atoms with Crippen LogP contribution in [0.3, 0.4) is 0 Å². The topological polar surface area (TPSA) is 20.2 Å². The van der Waals surface area contributed by atoms with Crippen LogP contribution in [0.2, 0.25) is 0 Å². The zero-order valence-electron chi connectivity index (χ0n) is 8.87. The van der Waals surface area contributed by atoms with Crippen molar-refractivity contribution in [3.05, 3.63) is 33.4 Å². The first-order valence-electron chi connectivity index (χ1n) is 4.96. The summed E-state index contributed by atoms with van der Waals surface area (Å²) in [5.74, 6) is 0.798. The summed E-state index contributed by atoms with van der Waals surface area (Å²) in [7, 11) is 0. The maximum atomic E-state index is 10.1. The van der Waals surface area contributed by atoms with Gasteiger partial charge in [0.1, 0.15) is 0 Å². The fourth-order valence-electron chi connectivity index (χ4n) is 1.36. The summed E-state index contributed by atoms with van der Waals surface area (Å²) in [5.41, 5.74) is 1.05. The second kappa shape index (κ2) is 5.12. The van der Waals surface area contributed by atoms with Gasteiger partial charge in [0.2, 0.25) is 0 Å². The Balaban J connectivity index is 2.89. The maximum Gasteiger partial charge on any atom is 0.0828 e. The molecule has 0 radical (unpaired) electrons. The fraction of sp³-hybridized carbons (Fsp3) is 0.500. The lowest BCUT2D eigenvalue weighted by Gasteiger charge is -2.23. The van der Waals surface area contributed by atoms with Crippen LogP contribution in [0.4, 0.5) is 0 Å². The maximum absolute atomic E-state index is 10.1. The Labute approximate surface area is 99.7 Å². The summed E-state index contributed by atoms with van der Waals surface area (Å²) >= 11 is 2.27. The lowest BCUT2D eigenvalue weighted by Crippen LogP contribution is -2.15. The molecule has 0 saturated carbocycles. The molecule has 2 heteroatoms. The van der Waals surface area contributed by atoms with Crippen LogP contribution >= 0.6 is 22.6 Å². The summed E-state index contributed by atoms with van der Waals surface area (Å²) < 4.78 is 1.14. The van der Waals surface area contributed by atoms with E-state index in [2.05, 4.69) is 43.4 Å². The molecule has 14 heavy (non-hydrogen) atoms. The molecule has 0 aliphatic carbocycles. The molecule has 0 fully saturated rings. The van der Waals surface area contributed by atoms with Crippen LogP contribution < -0.4 is 0 Å². The van der Waals surface area contributed by atoms with Crippen LogP contribution in [0.5, 0.6) is 0 Å². The molecule has 0 bridgehead atoms. The zero-order chi connectivity index (χ0) is 10.7. The number of halogens is 1. The van der Waals surface area contributed by atoms with Crippen molar-refractivity contribution in [3.63, 3.8) is 0 Å². The molecule has 0 aliphatic heterocycles. The number of rotatable bonds is 3. The van der Waals surface area contributed by atoms with Crippen LogP contribution in [0.1, 0.15) is 32.4 Å². The smallest absolute Gasteiger partial charge is 0.0828 e. The average molecular weight is 304 g/mol. The lowest BCUT2D eigenvalue weighted by atomic mass is 9.88. The molecule has 1 rings (SSSR count). The molecule has 2 unspecified atom stereocenters. The second-order valence-electron chi connectivity index (χ2n) is 4.07. The van der Waals surface area contributed by atoms with Gasteiger partial charge in [0.05, 0.1) is 6.10 Å². The van der Waals surface area contributed by atoms with Crippen molar-refractivity contribution in [2.75, 3.05) is 0 Å². The standard InChI is InChI=1S/C12H17IO/c1-8(2)9(3)12(14)10-6-4-5-7-11(10)13/h4-9,12,14H,1-3H3. The molecule has 0 aromatic heterocycles. The normalized spacial score (nSPS) is 15.6. The van der Waals surface area contributed by atoms with Gasteiger partial charge in [0, 0.05) is 3.57 Å². The molecule has 1 nitrogen and oxygen atoms in total. The molecule has 0 aliphatic rings. The molecule has 0 amide bonds. The first-order valence-corrected chi connectivity index (χ1v) is 6.04. The molecule has 0 heterocycles. The van der Waals surface area contributed by atoms with Crippen molar-refractivity contribution in [3.8, 4) is 0 Å². The van der Waals surface area contributed by atoms with Crippen molar-refractivity contribution in [1.29, 1.82) is 0 Å². The largest absolute Gasteiger partial charge is 0.388 e. The van der Waals surface area contributed by atoms with Crippen molar-refractivity contribution in [2.45, 2.75) is 26.9 Å². The first kappa shape index (κ1) is 12.0. The molecule has 2 atom stereocenters. The zero-order valence-corrected chi connectivity index (χ0v) is 11.0. The summed E-state index contributed by atoms with van der Waals surface area (Å²) in [6, 6.07) is 8.02. The molecule has 1 aromatic rings. The van der Waals surface area contributed by atoms with Gasteiger partial charge in [-0.3, -0.25) is 0 Å². The van der Waals surface area contributed by atoms with E-state index in [9.17, 15) is 5.11 Å². The number of aliphatic hydroxyl groups excluding tert-OH is 1. The van der Waals surface area contributed by atoms with E-state index in [0.29, 0.717) is 11.8 Å². The Bertz CT molecular complexity index is 296. The van der Waals surface area contributed by atoms with E-state index in [1.54, 1.807) is 0 Å². The highest BCUT2D eigenvalue weighted by atomic mass is 127. The highest BCUT2D eigenvalue weighted by Crippen LogP contribution is 2.30. The van der Waals surface area contributed by atoms with Crippen molar-refractivity contribution in [1.82, 2.24) is 0 Å². The SMILES string of the molecule is CC(C)C(C)C(O)c1ccccc1I. The third-order valence-corrected chi connectivity index (χ3v) is 3.76. The third-order valence-electron chi connectivity index (χ3n) is 2.77. The van der Waals surface area contributed by atoms with Gasteiger partial charge in [-0.2, -0.15) is 0 Å². The van der Waals surface area contributed by atoms with E-state index >= 15 is 0 Å². The molecule has 0 saturated heterocycles. The molecular weight excluding hydrogens is 287 g/mol. The fourth-order valence-corrected chi connectivity index (χ4v) is 2.07. The van der Waals surface area contributed by atoms with Crippen LogP contribution in [0.25, 0.3) is 0 Å². The van der Waals surface area contributed by atoms with E-state index in [4.69, 9.17) is 0 Å². The number of hydrogen-bond donors (Lipinski definition) is 1. The Hall–Kier alpha value is -0.0900. The molecular formula is C12H17IO. The monoisotopic (exact) mass is 304 g/mol. The predicted octanol–water partition coefficient (Wildman–Crippen LogP) is 3.62. The second-order valence-corrected chi connectivity index (χ2v) is 5.23. The van der Waals surface area contributed by atoms with E-state index < -0.39 is 0 Å². The highest BCUT2D eigenvalue weighted by Gasteiger charge is 2.20. The summed E-state index contributed by atoms with van der Waals surface area (Å²) in [4.78, 5) is 0. The van der Waals surface area contributed by atoms with Crippen LogP contribution in [0, 0.1) is 15.4 Å². The van der Waals surface area contributed by atoms with Crippen molar-refractivity contribution in [2.24, 2.45) is 11.8 Å². The van der Waals surface area contributed by atoms with Gasteiger partial charge < -0.3 is 5.11 Å². The number of benzene rings is 1. The molecule has 78 valence electrons. The Morgan fingerprint density at radius 3 is 2.21 bits per heavy atom.